The summed E-state index contributed by atoms with van der Waals surface area (Å²) in [5, 5.41) is 1.81. The smallest absolute Gasteiger partial charge is 0.355 e. The summed E-state index contributed by atoms with van der Waals surface area (Å²) in [6, 6.07) is 17.0. The molecule has 1 unspecified atom stereocenters. The average Bonchev–Trinajstić information content (AvgIpc) is 3.12. The third-order valence-corrected chi connectivity index (χ3v) is 9.68. The highest BCUT2D eigenvalue weighted by atomic mass is 31.2. The van der Waals surface area contributed by atoms with Crippen molar-refractivity contribution >= 4 is 34.9 Å². The molecule has 33 heavy (non-hydrogen) atoms. The van der Waals surface area contributed by atoms with E-state index in [4.69, 9.17) is 9.26 Å². The number of hydrogen-bond donors (Lipinski definition) is 0. The Balaban J connectivity index is 1.98. The molecule has 1 aromatic heterocycles. The molecule has 1 fully saturated rings. The standard InChI is InChI=1S/C27H34NO4P/c1-18(2)21-16-15-19(3)17-24(21)32-33(30,20-11-7-6-8-12-20)26-22-13-9-10-14-23(22)28(4)25(26)27(29)31-5/h6-14,18-19,21,24H,15-17H2,1-5H3/t19-,21-,24+,33?/m0/s1. The van der Waals surface area contributed by atoms with Crippen LogP contribution in [0.4, 0.5) is 0 Å². The monoisotopic (exact) mass is 467 g/mol. The number of carbonyl (C=O) groups is 1. The lowest BCUT2D eigenvalue weighted by molar-refractivity contribution is 0.0510. The average molecular weight is 468 g/mol. The Morgan fingerprint density at radius 1 is 1.06 bits per heavy atom. The highest BCUT2D eigenvalue weighted by Gasteiger charge is 2.43. The van der Waals surface area contributed by atoms with E-state index in [2.05, 4.69) is 20.8 Å². The summed E-state index contributed by atoms with van der Waals surface area (Å²) in [6.45, 7) is 6.66. The van der Waals surface area contributed by atoms with Crippen molar-refractivity contribution in [1.29, 1.82) is 0 Å². The minimum absolute atomic E-state index is 0.149. The third kappa shape index (κ3) is 4.29. The van der Waals surface area contributed by atoms with Gasteiger partial charge in [0, 0.05) is 23.3 Å². The number of carbonyl (C=O) groups excluding carboxylic acids is 1. The first-order valence-electron chi connectivity index (χ1n) is 11.8. The number of methoxy groups -OCH3 is 1. The summed E-state index contributed by atoms with van der Waals surface area (Å²) in [7, 11) is -0.478. The van der Waals surface area contributed by atoms with Gasteiger partial charge in [-0.3, -0.25) is 4.57 Å². The van der Waals surface area contributed by atoms with E-state index < -0.39 is 13.3 Å². The van der Waals surface area contributed by atoms with Crippen LogP contribution in [0.15, 0.2) is 54.6 Å². The predicted octanol–water partition coefficient (Wildman–Crippen LogP) is 5.67. The number of aromatic nitrogens is 1. The highest BCUT2D eigenvalue weighted by Crippen LogP contribution is 2.52. The largest absolute Gasteiger partial charge is 0.464 e. The SMILES string of the molecule is COC(=O)c1c(P(=O)(O[C@@H]2C[C@@H](C)CC[C@H]2C(C)C)c2ccccc2)c2ccccc2n1C. The molecule has 0 spiro atoms. The maximum atomic E-state index is 15.2. The molecule has 0 N–H and O–H groups in total. The van der Waals surface area contributed by atoms with Crippen LogP contribution in [0.5, 0.6) is 0 Å². The number of rotatable bonds is 6. The number of nitrogens with zero attached hydrogens (tertiary/aromatic N) is 1. The molecule has 1 saturated carbocycles. The van der Waals surface area contributed by atoms with E-state index >= 15 is 4.57 Å². The van der Waals surface area contributed by atoms with Gasteiger partial charge in [0.15, 0.2) is 0 Å². The summed E-state index contributed by atoms with van der Waals surface area (Å²) < 4.78 is 28.9. The van der Waals surface area contributed by atoms with Crippen molar-refractivity contribution in [2.45, 2.75) is 46.1 Å². The maximum absolute atomic E-state index is 15.2. The molecule has 1 aliphatic rings. The number of hydrogen-bond acceptors (Lipinski definition) is 4. The van der Waals surface area contributed by atoms with Gasteiger partial charge >= 0.3 is 5.97 Å². The van der Waals surface area contributed by atoms with Gasteiger partial charge in [-0.15, -0.1) is 0 Å². The first kappa shape index (κ1) is 23.8. The van der Waals surface area contributed by atoms with Crippen LogP contribution in [0.25, 0.3) is 10.9 Å². The van der Waals surface area contributed by atoms with Gasteiger partial charge < -0.3 is 13.8 Å². The third-order valence-electron chi connectivity index (χ3n) is 7.09. The lowest BCUT2D eigenvalue weighted by Crippen LogP contribution is -2.36. The van der Waals surface area contributed by atoms with E-state index in [1.54, 1.807) is 4.57 Å². The van der Waals surface area contributed by atoms with E-state index in [0.717, 1.165) is 30.2 Å². The van der Waals surface area contributed by atoms with Crippen molar-refractivity contribution in [3.8, 4) is 0 Å². The summed E-state index contributed by atoms with van der Waals surface area (Å²) in [5.74, 6) is 0.719. The van der Waals surface area contributed by atoms with Crippen molar-refractivity contribution in [2.24, 2.45) is 24.8 Å². The predicted molar refractivity (Wildman–Crippen MR) is 134 cm³/mol. The summed E-state index contributed by atoms with van der Waals surface area (Å²) >= 11 is 0. The molecule has 2 aromatic carbocycles. The van der Waals surface area contributed by atoms with E-state index in [-0.39, 0.29) is 11.8 Å². The maximum Gasteiger partial charge on any atom is 0.355 e. The lowest BCUT2D eigenvalue weighted by Gasteiger charge is -2.39. The molecule has 5 nitrogen and oxygen atoms in total. The number of ether oxygens (including phenoxy) is 1. The second kappa shape index (κ2) is 9.48. The molecule has 0 saturated heterocycles. The molecule has 0 bridgehead atoms. The Hall–Kier alpha value is -2.36. The number of para-hydroxylation sites is 1. The van der Waals surface area contributed by atoms with Gasteiger partial charge in [0.2, 0.25) is 0 Å². The minimum atomic E-state index is -3.65. The summed E-state index contributed by atoms with van der Waals surface area (Å²) in [5.41, 5.74) is 1.11. The first-order valence-corrected chi connectivity index (χ1v) is 13.4. The van der Waals surface area contributed by atoms with Crippen LogP contribution in [0.3, 0.4) is 0 Å². The van der Waals surface area contributed by atoms with Crippen molar-refractivity contribution in [2.75, 3.05) is 7.11 Å². The van der Waals surface area contributed by atoms with Gasteiger partial charge in [-0.1, -0.05) is 63.6 Å². The van der Waals surface area contributed by atoms with Gasteiger partial charge in [0.1, 0.15) is 5.69 Å². The molecule has 1 aliphatic carbocycles. The van der Waals surface area contributed by atoms with Crippen LogP contribution >= 0.6 is 7.37 Å². The molecule has 0 radical (unpaired) electrons. The molecular weight excluding hydrogens is 433 g/mol. The van der Waals surface area contributed by atoms with E-state index in [1.807, 2.05) is 61.6 Å². The number of aryl methyl sites for hydroxylation is 1. The zero-order valence-electron chi connectivity index (χ0n) is 20.2. The molecule has 1 heterocycles. The van der Waals surface area contributed by atoms with Gasteiger partial charge in [0.25, 0.3) is 7.37 Å². The van der Waals surface area contributed by atoms with Gasteiger partial charge in [0.05, 0.1) is 18.5 Å². The molecular formula is C27H34NO4P. The molecule has 0 amide bonds. The van der Waals surface area contributed by atoms with Gasteiger partial charge in [-0.2, -0.15) is 0 Å². The molecule has 4 rings (SSSR count). The van der Waals surface area contributed by atoms with Gasteiger partial charge in [-0.05, 0) is 48.8 Å². The van der Waals surface area contributed by atoms with E-state index in [0.29, 0.717) is 28.4 Å². The van der Waals surface area contributed by atoms with Crippen LogP contribution in [0.1, 0.15) is 50.5 Å². The zero-order chi connectivity index (χ0) is 23.8. The topological polar surface area (TPSA) is 57.5 Å². The Kier molecular flexibility index (Phi) is 6.83. The molecule has 0 aliphatic heterocycles. The van der Waals surface area contributed by atoms with Crippen LogP contribution in [0.2, 0.25) is 0 Å². The lowest BCUT2D eigenvalue weighted by atomic mass is 9.75. The van der Waals surface area contributed by atoms with Crippen LogP contribution < -0.4 is 10.6 Å². The van der Waals surface area contributed by atoms with Crippen molar-refractivity contribution < 1.29 is 18.6 Å². The summed E-state index contributed by atoms with van der Waals surface area (Å²) in [6.07, 6.45) is 2.92. The Morgan fingerprint density at radius 2 is 1.73 bits per heavy atom. The fourth-order valence-electron chi connectivity index (χ4n) is 5.29. The fraction of sp³-hybridized carbons (Fsp3) is 0.444. The van der Waals surface area contributed by atoms with Crippen molar-refractivity contribution in [1.82, 2.24) is 4.57 Å². The molecule has 4 atom stereocenters. The quantitative estimate of drug-likeness (QED) is 0.346. The molecule has 3 aromatic rings. The van der Waals surface area contributed by atoms with Gasteiger partial charge in [-0.25, -0.2) is 4.79 Å². The van der Waals surface area contributed by atoms with Crippen molar-refractivity contribution in [3.05, 3.63) is 60.3 Å². The Morgan fingerprint density at radius 3 is 2.39 bits per heavy atom. The van der Waals surface area contributed by atoms with E-state index in [9.17, 15) is 4.79 Å². The first-order chi connectivity index (χ1) is 15.8. The highest BCUT2D eigenvalue weighted by molar-refractivity contribution is 7.75. The normalized spacial score (nSPS) is 22.9. The Labute approximate surface area is 196 Å². The van der Waals surface area contributed by atoms with Crippen LogP contribution in [0, 0.1) is 17.8 Å². The van der Waals surface area contributed by atoms with Crippen LogP contribution in [-0.4, -0.2) is 23.8 Å². The number of fused-ring (bicyclic) bond motifs is 1. The minimum Gasteiger partial charge on any atom is -0.464 e. The van der Waals surface area contributed by atoms with Crippen molar-refractivity contribution in [3.63, 3.8) is 0 Å². The number of benzene rings is 2. The van der Waals surface area contributed by atoms with E-state index in [1.165, 1.54) is 7.11 Å². The second-order valence-corrected chi connectivity index (χ2v) is 11.9. The second-order valence-electron chi connectivity index (χ2n) is 9.62. The summed E-state index contributed by atoms with van der Waals surface area (Å²) in [4.78, 5) is 13.0. The zero-order valence-corrected chi connectivity index (χ0v) is 21.0. The Bertz CT molecular complexity index is 1180. The van der Waals surface area contributed by atoms with Crippen LogP contribution in [-0.2, 0) is 20.9 Å². The molecule has 6 heteroatoms. The number of esters is 1. The molecule has 176 valence electrons. The fourth-order valence-corrected chi connectivity index (χ4v) is 8.00.